The maximum absolute atomic E-state index is 11.2. The fourth-order valence-corrected chi connectivity index (χ4v) is 4.18. The highest BCUT2D eigenvalue weighted by atomic mass is 127. The Morgan fingerprint density at radius 1 is 1.35 bits per heavy atom. The number of aliphatic imine (C=N–C) groups is 1. The number of hydrogen-bond acceptors (Lipinski definition) is 3. The van der Waals surface area contributed by atoms with Crippen LogP contribution < -0.4 is 16.0 Å². The summed E-state index contributed by atoms with van der Waals surface area (Å²) in [6.07, 6.45) is 4.18. The van der Waals surface area contributed by atoms with Crippen LogP contribution in [0.25, 0.3) is 0 Å². The standard InChI is InChI=1S/C16H28N4O2.HI/c1-16(2)13(11-5-4-8-22-14(11)16)20-15(17-3)19-10-6-7-12(21)18-9-10;/h10-11,13-14H,4-9H2,1-3H3,(H,18,21)(H2,17,19,20);1H. The molecular formula is C16H29IN4O2. The summed E-state index contributed by atoms with van der Waals surface area (Å²) in [4.78, 5) is 15.6. The lowest BCUT2D eigenvalue weighted by molar-refractivity contribution is -0.188. The fourth-order valence-electron chi connectivity index (χ4n) is 4.18. The zero-order valence-corrected chi connectivity index (χ0v) is 16.6. The number of nitrogens with zero attached hydrogens (tertiary/aromatic N) is 1. The molecule has 4 unspecified atom stereocenters. The van der Waals surface area contributed by atoms with E-state index in [0.29, 0.717) is 31.0 Å². The third kappa shape index (κ3) is 3.75. The van der Waals surface area contributed by atoms with Gasteiger partial charge in [0.25, 0.3) is 0 Å². The predicted molar refractivity (Wildman–Crippen MR) is 101 cm³/mol. The fraction of sp³-hybridized carbons (Fsp3) is 0.875. The van der Waals surface area contributed by atoms with Crippen LogP contribution in [0.3, 0.4) is 0 Å². The number of piperidine rings is 1. The van der Waals surface area contributed by atoms with Crippen molar-refractivity contribution in [3.05, 3.63) is 0 Å². The molecule has 1 aliphatic carbocycles. The van der Waals surface area contributed by atoms with Crippen LogP contribution >= 0.6 is 24.0 Å². The minimum atomic E-state index is 0. The van der Waals surface area contributed by atoms with Gasteiger partial charge in [-0.2, -0.15) is 0 Å². The van der Waals surface area contributed by atoms with E-state index in [2.05, 4.69) is 34.8 Å². The molecule has 3 aliphatic rings. The van der Waals surface area contributed by atoms with Crippen molar-refractivity contribution in [2.75, 3.05) is 20.2 Å². The molecule has 0 bridgehead atoms. The summed E-state index contributed by atoms with van der Waals surface area (Å²) < 4.78 is 5.95. The lowest BCUT2D eigenvalue weighted by Gasteiger charge is -2.60. The van der Waals surface area contributed by atoms with E-state index in [0.717, 1.165) is 25.4 Å². The maximum atomic E-state index is 11.2. The van der Waals surface area contributed by atoms with Gasteiger partial charge in [0.15, 0.2) is 5.96 Å². The number of fused-ring (bicyclic) bond motifs is 1. The van der Waals surface area contributed by atoms with Gasteiger partial charge < -0.3 is 20.7 Å². The zero-order valence-electron chi connectivity index (χ0n) is 14.2. The van der Waals surface area contributed by atoms with E-state index in [1.54, 1.807) is 7.05 Å². The van der Waals surface area contributed by atoms with Gasteiger partial charge in [-0.3, -0.25) is 9.79 Å². The van der Waals surface area contributed by atoms with Crippen molar-refractivity contribution in [1.29, 1.82) is 0 Å². The third-order valence-electron chi connectivity index (χ3n) is 5.45. The number of rotatable bonds is 2. The van der Waals surface area contributed by atoms with Crippen LogP contribution in [0.4, 0.5) is 0 Å². The number of nitrogens with one attached hydrogen (secondary N) is 3. The van der Waals surface area contributed by atoms with Gasteiger partial charge in [0.1, 0.15) is 0 Å². The van der Waals surface area contributed by atoms with E-state index in [1.807, 2.05) is 0 Å². The topological polar surface area (TPSA) is 74.8 Å². The highest BCUT2D eigenvalue weighted by Crippen LogP contribution is 2.51. The van der Waals surface area contributed by atoms with E-state index in [-0.39, 0.29) is 41.3 Å². The van der Waals surface area contributed by atoms with Gasteiger partial charge in [0, 0.05) is 50.0 Å². The first-order valence-corrected chi connectivity index (χ1v) is 8.40. The summed E-state index contributed by atoms with van der Waals surface area (Å²) in [7, 11) is 1.80. The molecule has 2 heterocycles. The molecule has 3 rings (SSSR count). The molecule has 1 amide bonds. The van der Waals surface area contributed by atoms with Gasteiger partial charge >= 0.3 is 0 Å². The number of halogens is 1. The molecule has 2 aliphatic heterocycles. The van der Waals surface area contributed by atoms with E-state index in [4.69, 9.17) is 4.74 Å². The summed E-state index contributed by atoms with van der Waals surface area (Å²) >= 11 is 0. The number of carbonyl (C=O) groups is 1. The summed E-state index contributed by atoms with van der Waals surface area (Å²) in [6.45, 7) is 6.10. The van der Waals surface area contributed by atoms with Crippen molar-refractivity contribution in [1.82, 2.24) is 16.0 Å². The normalized spacial score (nSPS) is 36.0. The van der Waals surface area contributed by atoms with Gasteiger partial charge in [0.05, 0.1) is 6.10 Å². The second-order valence-corrected chi connectivity index (χ2v) is 7.30. The summed E-state index contributed by atoms with van der Waals surface area (Å²) in [5, 5.41) is 9.94. The molecule has 0 aromatic carbocycles. The molecule has 2 saturated heterocycles. The van der Waals surface area contributed by atoms with Gasteiger partial charge in [-0.25, -0.2) is 0 Å². The van der Waals surface area contributed by atoms with Crippen LogP contribution in [0.1, 0.15) is 39.5 Å². The SMILES string of the molecule is CN=C(NC1CCC(=O)NC1)NC1C2CCCOC2C1(C)C.I. The monoisotopic (exact) mass is 436 g/mol. The Kier molecular flexibility index (Phi) is 6.16. The average molecular weight is 436 g/mol. The highest BCUT2D eigenvalue weighted by Gasteiger charge is 2.58. The molecule has 0 aromatic heterocycles. The molecule has 0 spiro atoms. The molecule has 0 aromatic rings. The average Bonchev–Trinajstić information content (AvgIpc) is 2.53. The predicted octanol–water partition coefficient (Wildman–Crippen LogP) is 1.25. The Bertz CT molecular complexity index is 459. The van der Waals surface area contributed by atoms with Gasteiger partial charge in [-0.05, 0) is 19.3 Å². The first-order chi connectivity index (χ1) is 10.5. The minimum Gasteiger partial charge on any atom is -0.377 e. The Labute approximate surface area is 155 Å². The molecule has 4 atom stereocenters. The summed E-state index contributed by atoms with van der Waals surface area (Å²) in [5.41, 5.74) is 0.128. The Hall–Kier alpha value is -0.570. The van der Waals surface area contributed by atoms with E-state index >= 15 is 0 Å². The lowest BCUT2D eigenvalue weighted by Crippen LogP contribution is -2.71. The molecule has 7 heteroatoms. The zero-order chi connectivity index (χ0) is 15.7. The first-order valence-electron chi connectivity index (χ1n) is 8.40. The smallest absolute Gasteiger partial charge is 0.220 e. The van der Waals surface area contributed by atoms with E-state index in [1.165, 1.54) is 6.42 Å². The van der Waals surface area contributed by atoms with Crippen molar-refractivity contribution < 1.29 is 9.53 Å². The van der Waals surface area contributed by atoms with E-state index < -0.39 is 0 Å². The Balaban J connectivity index is 0.00000192. The van der Waals surface area contributed by atoms with Crippen molar-refractivity contribution in [2.24, 2.45) is 16.3 Å². The van der Waals surface area contributed by atoms with Crippen LogP contribution in [-0.2, 0) is 9.53 Å². The lowest BCUT2D eigenvalue weighted by atomic mass is 9.55. The largest absolute Gasteiger partial charge is 0.377 e. The molecule has 0 radical (unpaired) electrons. The quantitative estimate of drug-likeness (QED) is 0.346. The van der Waals surface area contributed by atoms with Crippen LogP contribution in [-0.4, -0.2) is 50.3 Å². The number of carbonyl (C=O) groups excluding carboxylic acids is 1. The van der Waals surface area contributed by atoms with Crippen LogP contribution in [0.5, 0.6) is 0 Å². The van der Waals surface area contributed by atoms with Crippen molar-refractivity contribution in [3.8, 4) is 0 Å². The number of guanidine groups is 1. The maximum Gasteiger partial charge on any atom is 0.220 e. The van der Waals surface area contributed by atoms with Gasteiger partial charge in [-0.15, -0.1) is 24.0 Å². The molecule has 132 valence electrons. The van der Waals surface area contributed by atoms with Gasteiger partial charge in [0.2, 0.25) is 5.91 Å². The molecule has 23 heavy (non-hydrogen) atoms. The van der Waals surface area contributed by atoms with Crippen LogP contribution in [0, 0.1) is 11.3 Å². The van der Waals surface area contributed by atoms with Crippen molar-refractivity contribution in [2.45, 2.75) is 57.7 Å². The minimum absolute atomic E-state index is 0. The molecule has 3 fully saturated rings. The third-order valence-corrected chi connectivity index (χ3v) is 5.45. The Morgan fingerprint density at radius 3 is 2.78 bits per heavy atom. The van der Waals surface area contributed by atoms with Gasteiger partial charge in [-0.1, -0.05) is 13.8 Å². The molecular weight excluding hydrogens is 407 g/mol. The van der Waals surface area contributed by atoms with Crippen molar-refractivity contribution >= 4 is 35.8 Å². The summed E-state index contributed by atoms with van der Waals surface area (Å²) in [5.74, 6) is 1.56. The number of amides is 1. The molecule has 6 nitrogen and oxygen atoms in total. The first kappa shape index (κ1) is 18.8. The molecule has 3 N–H and O–H groups in total. The van der Waals surface area contributed by atoms with Crippen LogP contribution in [0.2, 0.25) is 0 Å². The van der Waals surface area contributed by atoms with E-state index in [9.17, 15) is 4.79 Å². The summed E-state index contributed by atoms with van der Waals surface area (Å²) in [6, 6.07) is 0.646. The highest BCUT2D eigenvalue weighted by molar-refractivity contribution is 14.0. The number of hydrogen-bond donors (Lipinski definition) is 3. The second-order valence-electron chi connectivity index (χ2n) is 7.30. The van der Waals surface area contributed by atoms with Crippen molar-refractivity contribution in [3.63, 3.8) is 0 Å². The molecule has 1 saturated carbocycles. The number of ether oxygens (including phenoxy) is 1. The Morgan fingerprint density at radius 2 is 2.13 bits per heavy atom. The second kappa shape index (κ2) is 7.55. The van der Waals surface area contributed by atoms with Crippen LogP contribution in [0.15, 0.2) is 4.99 Å².